The molecule has 5 unspecified atom stereocenters. The predicted molar refractivity (Wildman–Crippen MR) is 207 cm³/mol. The molecule has 10 heteroatoms. The summed E-state index contributed by atoms with van der Waals surface area (Å²) in [5.74, 6) is 0.304. The van der Waals surface area contributed by atoms with Crippen LogP contribution in [0.2, 0.25) is 41.3 Å². The average molecular weight is 748 g/mol. The minimum absolute atomic E-state index is 0.0189. The Labute approximate surface area is 309 Å². The Kier molecular flexibility index (Phi) is 13.1. The summed E-state index contributed by atoms with van der Waals surface area (Å²) in [6.45, 7) is 26.5. The molecule has 0 amide bonds. The summed E-state index contributed by atoms with van der Waals surface area (Å²) in [6.07, 6.45) is 8.65. The van der Waals surface area contributed by atoms with Gasteiger partial charge in [0.05, 0.1) is 23.7 Å². The van der Waals surface area contributed by atoms with Crippen molar-refractivity contribution in [3.63, 3.8) is 0 Å². The van der Waals surface area contributed by atoms with E-state index < -0.39 is 34.8 Å². The molecule has 2 aliphatic carbocycles. The summed E-state index contributed by atoms with van der Waals surface area (Å²) in [6, 6.07) is 7.20. The van der Waals surface area contributed by atoms with Crippen molar-refractivity contribution >= 4 is 40.2 Å². The number of carbonyl (C=O) groups is 2. The predicted octanol–water partition coefficient (Wildman–Crippen LogP) is 10.4. The number of rotatable bonds is 12. The minimum atomic E-state index is -2.12. The van der Waals surface area contributed by atoms with Gasteiger partial charge < -0.3 is 23.1 Å². The smallest absolute Gasteiger partial charge is 0.347 e. The maximum absolute atomic E-state index is 13.9. The topological polar surface area (TPSA) is 80.3 Å². The molecule has 7 nitrogen and oxygen atoms in total. The number of ether oxygens (including phenoxy) is 3. The zero-order valence-corrected chi connectivity index (χ0v) is 35.4. The first-order chi connectivity index (χ1) is 23.1. The van der Waals surface area contributed by atoms with Crippen molar-refractivity contribution in [3.8, 4) is 5.75 Å². The molecule has 0 spiro atoms. The quantitative estimate of drug-likeness (QED) is 0.156. The summed E-state index contributed by atoms with van der Waals surface area (Å²) in [4.78, 5) is 26.7. The van der Waals surface area contributed by atoms with Crippen LogP contribution in [-0.4, -0.2) is 59.1 Å². The monoisotopic (exact) mass is 746 g/mol. The van der Waals surface area contributed by atoms with Crippen LogP contribution in [0.15, 0.2) is 48.1 Å². The first-order valence-electron chi connectivity index (χ1n) is 18.7. The number of esters is 2. The van der Waals surface area contributed by atoms with Crippen LogP contribution in [0.25, 0.3) is 0 Å². The van der Waals surface area contributed by atoms with Gasteiger partial charge in [0.1, 0.15) is 18.0 Å². The Morgan fingerprint density at radius 2 is 1.62 bits per heavy atom. The van der Waals surface area contributed by atoms with Gasteiger partial charge in [-0.1, -0.05) is 97.4 Å². The molecular formula is C40H63ClO7Si2. The van der Waals surface area contributed by atoms with E-state index in [4.69, 9.17) is 34.7 Å². The molecule has 0 bridgehead atoms. The number of benzene rings is 1. The number of hydrogen-bond donors (Lipinski definition) is 0. The molecule has 50 heavy (non-hydrogen) atoms. The van der Waals surface area contributed by atoms with Crippen LogP contribution in [0, 0.1) is 17.8 Å². The highest BCUT2D eigenvalue weighted by molar-refractivity contribution is 6.74. The summed E-state index contributed by atoms with van der Waals surface area (Å²) >= 11 is 6.39. The molecule has 1 fully saturated rings. The molecule has 1 aromatic rings. The van der Waals surface area contributed by atoms with E-state index in [0.29, 0.717) is 36.5 Å². The Morgan fingerprint density at radius 1 is 0.980 bits per heavy atom. The summed E-state index contributed by atoms with van der Waals surface area (Å²) in [5, 5.41) is 0.551. The van der Waals surface area contributed by atoms with Crippen molar-refractivity contribution in [1.82, 2.24) is 0 Å². The summed E-state index contributed by atoms with van der Waals surface area (Å²) in [7, 11) is -4.16. The lowest BCUT2D eigenvalue weighted by Gasteiger charge is -2.46. The van der Waals surface area contributed by atoms with Crippen LogP contribution >= 0.6 is 11.6 Å². The molecule has 1 aromatic carbocycles. The highest BCUT2D eigenvalue weighted by Crippen LogP contribution is 2.47. The third-order valence-electron chi connectivity index (χ3n) is 11.9. The standard InChI is InChI=1S/C40H63ClO7Si2/c1-13-33(45-34-17-15-14-16-32(34)41)38(43)46-35-24-29(47-49(9,10)39(3,4)5)22-27-19-18-26(2)31(37(27)35)21-20-28-23-30(25-36(42)44-28)48-50(11,12)40(6,7)8/h14-19,22,26,28-31,33,35,37H,13,20-21,23-25H2,1-12H3/t26?,28-,29?,30-,31?,33+,35?,37?/m1/s1. The lowest BCUT2D eigenvalue weighted by atomic mass is 9.66. The van der Waals surface area contributed by atoms with Crippen molar-refractivity contribution in [2.45, 2.75) is 161 Å². The molecule has 1 heterocycles. The number of halogens is 1. The Balaban J connectivity index is 1.57. The van der Waals surface area contributed by atoms with E-state index in [9.17, 15) is 9.59 Å². The molecule has 0 saturated carbocycles. The van der Waals surface area contributed by atoms with Gasteiger partial charge in [-0.2, -0.15) is 0 Å². The molecule has 0 N–H and O–H groups in total. The average Bonchev–Trinajstić information content (AvgIpc) is 2.98. The van der Waals surface area contributed by atoms with Crippen LogP contribution < -0.4 is 4.74 Å². The second kappa shape index (κ2) is 16.0. The van der Waals surface area contributed by atoms with E-state index in [1.807, 2.05) is 19.1 Å². The van der Waals surface area contributed by atoms with Crippen molar-refractivity contribution < 1.29 is 32.7 Å². The van der Waals surface area contributed by atoms with Crippen LogP contribution in [0.5, 0.6) is 5.75 Å². The van der Waals surface area contributed by atoms with E-state index in [1.165, 1.54) is 0 Å². The minimum Gasteiger partial charge on any atom is -0.477 e. The largest absolute Gasteiger partial charge is 0.477 e. The highest BCUT2D eigenvalue weighted by Gasteiger charge is 2.47. The molecule has 0 radical (unpaired) electrons. The van der Waals surface area contributed by atoms with Gasteiger partial charge in [-0.3, -0.25) is 4.79 Å². The number of allylic oxidation sites excluding steroid dienone is 2. The number of cyclic esters (lactones) is 1. The molecule has 0 aromatic heterocycles. The Hall–Kier alpha value is -1.92. The molecular weight excluding hydrogens is 684 g/mol. The zero-order chi connectivity index (χ0) is 37.2. The Bertz CT molecular complexity index is 1410. The molecule has 3 aliphatic rings. The lowest BCUT2D eigenvalue weighted by molar-refractivity contribution is -0.164. The van der Waals surface area contributed by atoms with Crippen molar-refractivity contribution in [2.75, 3.05) is 0 Å². The van der Waals surface area contributed by atoms with E-state index in [-0.39, 0.29) is 52.1 Å². The summed E-state index contributed by atoms with van der Waals surface area (Å²) in [5.41, 5.74) is 1.15. The van der Waals surface area contributed by atoms with Gasteiger partial charge in [0.25, 0.3) is 0 Å². The van der Waals surface area contributed by atoms with Gasteiger partial charge in [-0.25, -0.2) is 4.79 Å². The van der Waals surface area contributed by atoms with Crippen LogP contribution in [0.4, 0.5) is 0 Å². The fourth-order valence-electron chi connectivity index (χ4n) is 6.91. The van der Waals surface area contributed by atoms with E-state index in [2.05, 4.69) is 92.9 Å². The molecule has 280 valence electrons. The number of para-hydroxylation sites is 1. The van der Waals surface area contributed by atoms with Crippen LogP contribution in [0.3, 0.4) is 0 Å². The van der Waals surface area contributed by atoms with Crippen molar-refractivity contribution in [3.05, 3.63) is 53.1 Å². The number of fused-ring (bicyclic) bond motifs is 1. The Morgan fingerprint density at radius 3 is 2.24 bits per heavy atom. The van der Waals surface area contributed by atoms with E-state index in [0.717, 1.165) is 18.4 Å². The number of carbonyl (C=O) groups excluding carboxylic acids is 2. The first-order valence-corrected chi connectivity index (χ1v) is 24.9. The highest BCUT2D eigenvalue weighted by atomic mass is 35.5. The third-order valence-corrected chi connectivity index (χ3v) is 21.3. The molecule has 1 saturated heterocycles. The molecule has 8 atom stereocenters. The van der Waals surface area contributed by atoms with Gasteiger partial charge in [-0.15, -0.1) is 0 Å². The normalized spacial score (nSPS) is 28.3. The second-order valence-electron chi connectivity index (χ2n) is 17.8. The van der Waals surface area contributed by atoms with E-state index in [1.54, 1.807) is 12.1 Å². The maximum atomic E-state index is 13.9. The van der Waals surface area contributed by atoms with Gasteiger partial charge in [0.15, 0.2) is 22.7 Å². The van der Waals surface area contributed by atoms with E-state index >= 15 is 0 Å². The van der Waals surface area contributed by atoms with Gasteiger partial charge in [0.2, 0.25) is 0 Å². The SMILES string of the molecule is CC[C@H](Oc1ccccc1Cl)C(=O)OC1CC(O[Si](C)(C)C(C)(C)C)C=C2C=CC(C)C(CC[C@@H]3C[C@@H](O[Si](C)(C)C(C)(C)C)CC(=O)O3)C21. The van der Waals surface area contributed by atoms with Crippen molar-refractivity contribution in [1.29, 1.82) is 0 Å². The molecule has 4 rings (SSSR count). The maximum Gasteiger partial charge on any atom is 0.347 e. The van der Waals surface area contributed by atoms with Crippen LogP contribution in [-0.2, 0) is 27.9 Å². The molecule has 1 aliphatic heterocycles. The van der Waals surface area contributed by atoms with Gasteiger partial charge in [-0.05, 0) is 85.1 Å². The van der Waals surface area contributed by atoms with Gasteiger partial charge >= 0.3 is 11.9 Å². The van der Waals surface area contributed by atoms with Crippen LogP contribution in [0.1, 0.15) is 93.9 Å². The second-order valence-corrected chi connectivity index (χ2v) is 27.7. The summed E-state index contributed by atoms with van der Waals surface area (Å²) < 4.78 is 32.2. The fourth-order valence-corrected chi connectivity index (χ4v) is 9.73. The van der Waals surface area contributed by atoms with Crippen molar-refractivity contribution in [2.24, 2.45) is 17.8 Å². The third kappa shape index (κ3) is 9.94. The first kappa shape index (κ1) is 40.8. The lowest BCUT2D eigenvalue weighted by Crippen LogP contribution is -2.49. The number of hydrogen-bond acceptors (Lipinski definition) is 7. The zero-order valence-electron chi connectivity index (χ0n) is 32.6. The van der Waals surface area contributed by atoms with Gasteiger partial charge in [0, 0.05) is 18.8 Å². The fraction of sp³-hybridized carbons (Fsp3) is 0.700.